The van der Waals surface area contributed by atoms with E-state index in [4.69, 9.17) is 23.2 Å². The van der Waals surface area contributed by atoms with E-state index in [0.29, 0.717) is 5.88 Å². The molecule has 0 aromatic heterocycles. The smallest absolute Gasteiger partial charge is 0.218 e. The molecule has 2 nitrogen and oxygen atoms in total. The maximum absolute atomic E-state index is 10.4. The summed E-state index contributed by atoms with van der Waals surface area (Å²) in [6.07, 6.45) is 1.56. The lowest BCUT2D eigenvalue weighted by Crippen LogP contribution is -2.28. The molecule has 0 saturated heterocycles. The van der Waals surface area contributed by atoms with Gasteiger partial charge in [0.15, 0.2) is 0 Å². The average molecular weight is 184 g/mol. The zero-order valence-electron chi connectivity index (χ0n) is 5.86. The van der Waals surface area contributed by atoms with E-state index in [1.54, 1.807) is 0 Å². The van der Waals surface area contributed by atoms with Crippen molar-refractivity contribution in [3.63, 3.8) is 0 Å². The minimum absolute atomic E-state index is 0.102. The van der Waals surface area contributed by atoms with Crippen molar-refractivity contribution in [2.24, 2.45) is 0 Å². The van der Waals surface area contributed by atoms with Gasteiger partial charge in [0, 0.05) is 12.8 Å². The second-order valence-corrected chi connectivity index (χ2v) is 2.90. The van der Waals surface area contributed by atoms with Crippen LogP contribution in [-0.2, 0) is 4.79 Å². The van der Waals surface area contributed by atoms with Crippen LogP contribution < -0.4 is 5.32 Å². The van der Waals surface area contributed by atoms with Gasteiger partial charge in [-0.05, 0) is 12.8 Å². The largest absolute Gasteiger partial charge is 0.340 e. The lowest BCUT2D eigenvalue weighted by atomic mass is 10.3. The number of alkyl halides is 2. The van der Waals surface area contributed by atoms with E-state index in [2.05, 4.69) is 5.32 Å². The summed E-state index contributed by atoms with van der Waals surface area (Å²) in [7, 11) is 0. The summed E-state index contributed by atoms with van der Waals surface area (Å²) in [5, 5.41) is 2.55. The SMILES string of the molecule is CC(=O)NC(Cl)CCCCl. The van der Waals surface area contributed by atoms with Crippen LogP contribution in [0.5, 0.6) is 0 Å². The van der Waals surface area contributed by atoms with Gasteiger partial charge < -0.3 is 5.32 Å². The van der Waals surface area contributed by atoms with E-state index < -0.39 is 0 Å². The third-order valence-electron chi connectivity index (χ3n) is 0.951. The first-order chi connectivity index (χ1) is 4.66. The van der Waals surface area contributed by atoms with E-state index in [-0.39, 0.29) is 11.4 Å². The molecule has 0 saturated carbocycles. The van der Waals surface area contributed by atoms with Crippen LogP contribution in [0, 0.1) is 0 Å². The van der Waals surface area contributed by atoms with Crippen LogP contribution in [0.1, 0.15) is 19.8 Å². The molecule has 10 heavy (non-hydrogen) atoms. The van der Waals surface area contributed by atoms with E-state index in [9.17, 15) is 4.79 Å². The van der Waals surface area contributed by atoms with E-state index in [1.807, 2.05) is 0 Å². The Hall–Kier alpha value is 0.0500. The van der Waals surface area contributed by atoms with Gasteiger partial charge in [0.05, 0.1) is 0 Å². The van der Waals surface area contributed by atoms with Crippen molar-refractivity contribution in [3.05, 3.63) is 0 Å². The van der Waals surface area contributed by atoms with Crippen LogP contribution in [0.4, 0.5) is 0 Å². The minimum Gasteiger partial charge on any atom is -0.340 e. The second kappa shape index (κ2) is 5.81. The monoisotopic (exact) mass is 183 g/mol. The van der Waals surface area contributed by atoms with Crippen LogP contribution in [0.3, 0.4) is 0 Å². The van der Waals surface area contributed by atoms with Gasteiger partial charge in [0.25, 0.3) is 0 Å². The Morgan fingerprint density at radius 3 is 2.70 bits per heavy atom. The Balaban J connectivity index is 3.25. The molecule has 4 heteroatoms. The molecule has 0 aliphatic rings. The van der Waals surface area contributed by atoms with Crippen molar-refractivity contribution in [3.8, 4) is 0 Å². The van der Waals surface area contributed by atoms with Crippen LogP contribution in [0.2, 0.25) is 0 Å². The zero-order chi connectivity index (χ0) is 7.98. The van der Waals surface area contributed by atoms with Crippen molar-refractivity contribution in [1.82, 2.24) is 5.32 Å². The Morgan fingerprint density at radius 2 is 2.30 bits per heavy atom. The molecule has 0 aliphatic carbocycles. The highest BCUT2D eigenvalue weighted by Gasteiger charge is 2.03. The normalized spacial score (nSPS) is 12.7. The van der Waals surface area contributed by atoms with E-state index in [0.717, 1.165) is 12.8 Å². The topological polar surface area (TPSA) is 29.1 Å². The molecule has 0 aliphatic heterocycles. The lowest BCUT2D eigenvalue weighted by Gasteiger charge is -2.07. The Labute approximate surface area is 70.9 Å². The molecule has 0 aromatic rings. The summed E-state index contributed by atoms with van der Waals surface area (Å²) in [6.45, 7) is 1.44. The van der Waals surface area contributed by atoms with Gasteiger partial charge in [0.2, 0.25) is 5.91 Å². The lowest BCUT2D eigenvalue weighted by molar-refractivity contribution is -0.119. The second-order valence-electron chi connectivity index (χ2n) is 2.00. The van der Waals surface area contributed by atoms with Crippen molar-refractivity contribution in [2.45, 2.75) is 25.3 Å². The molecule has 1 atom stereocenters. The number of carbonyl (C=O) groups excluding carboxylic acids is 1. The third-order valence-corrected chi connectivity index (χ3v) is 1.55. The average Bonchev–Trinajstić information content (AvgIpc) is 1.82. The van der Waals surface area contributed by atoms with Gasteiger partial charge in [0.1, 0.15) is 5.50 Å². The number of rotatable bonds is 4. The van der Waals surface area contributed by atoms with Gasteiger partial charge in [-0.3, -0.25) is 4.79 Å². The molecular formula is C6H11Cl2NO. The third kappa shape index (κ3) is 6.17. The van der Waals surface area contributed by atoms with Crippen LogP contribution >= 0.6 is 23.2 Å². The summed E-state index contributed by atoms with van der Waals surface area (Å²) in [4.78, 5) is 10.4. The van der Waals surface area contributed by atoms with Crippen molar-refractivity contribution in [2.75, 3.05) is 5.88 Å². The van der Waals surface area contributed by atoms with Crippen LogP contribution in [0.25, 0.3) is 0 Å². The Morgan fingerprint density at radius 1 is 1.70 bits per heavy atom. The van der Waals surface area contributed by atoms with Crippen LogP contribution in [-0.4, -0.2) is 17.3 Å². The first-order valence-corrected chi connectivity index (χ1v) is 4.11. The fourth-order valence-electron chi connectivity index (χ4n) is 0.549. The molecule has 0 rings (SSSR count). The maximum Gasteiger partial charge on any atom is 0.218 e. The molecule has 0 spiro atoms. The summed E-state index contributed by atoms with van der Waals surface area (Å²) in [6, 6.07) is 0. The van der Waals surface area contributed by atoms with Crippen molar-refractivity contribution < 1.29 is 4.79 Å². The number of amides is 1. The molecule has 0 bridgehead atoms. The first-order valence-electron chi connectivity index (χ1n) is 3.14. The minimum atomic E-state index is -0.267. The van der Waals surface area contributed by atoms with Gasteiger partial charge in [-0.2, -0.15) is 0 Å². The van der Waals surface area contributed by atoms with Crippen molar-refractivity contribution in [1.29, 1.82) is 0 Å². The maximum atomic E-state index is 10.4. The standard InChI is InChI=1S/C6H11Cl2NO/c1-5(10)9-6(8)3-2-4-7/h6H,2-4H2,1H3,(H,9,10). The Kier molecular flexibility index (Phi) is 5.84. The highest BCUT2D eigenvalue weighted by molar-refractivity contribution is 6.21. The Bertz CT molecular complexity index is 108. The fourth-order valence-corrected chi connectivity index (χ4v) is 1.01. The predicted molar refractivity (Wildman–Crippen MR) is 43.4 cm³/mol. The van der Waals surface area contributed by atoms with Gasteiger partial charge in [-0.1, -0.05) is 11.6 Å². The number of nitrogens with one attached hydrogen (secondary N) is 1. The molecule has 1 N–H and O–H groups in total. The highest BCUT2D eigenvalue weighted by Crippen LogP contribution is 2.02. The van der Waals surface area contributed by atoms with Crippen molar-refractivity contribution >= 4 is 29.1 Å². The highest BCUT2D eigenvalue weighted by atomic mass is 35.5. The molecular weight excluding hydrogens is 173 g/mol. The zero-order valence-corrected chi connectivity index (χ0v) is 7.37. The molecule has 0 radical (unpaired) electrons. The summed E-state index contributed by atoms with van der Waals surface area (Å²) >= 11 is 11.1. The quantitative estimate of drug-likeness (QED) is 0.522. The summed E-state index contributed by atoms with van der Waals surface area (Å²) in [5.74, 6) is 0.484. The molecule has 0 fully saturated rings. The van der Waals surface area contributed by atoms with Gasteiger partial charge in [-0.15, -0.1) is 11.6 Å². The molecule has 1 unspecified atom stereocenters. The number of carbonyl (C=O) groups is 1. The molecule has 0 heterocycles. The molecule has 0 aromatic carbocycles. The van der Waals surface area contributed by atoms with Gasteiger partial charge >= 0.3 is 0 Å². The fraction of sp³-hybridized carbons (Fsp3) is 0.833. The summed E-state index contributed by atoms with van der Waals surface area (Å²) in [5.41, 5.74) is -0.267. The van der Waals surface area contributed by atoms with E-state index >= 15 is 0 Å². The number of hydrogen-bond acceptors (Lipinski definition) is 1. The summed E-state index contributed by atoms with van der Waals surface area (Å²) < 4.78 is 0. The predicted octanol–water partition coefficient (Wildman–Crippen LogP) is 1.71. The van der Waals surface area contributed by atoms with Gasteiger partial charge in [-0.25, -0.2) is 0 Å². The number of hydrogen-bond donors (Lipinski definition) is 1. The first kappa shape index (κ1) is 10.0. The van der Waals surface area contributed by atoms with E-state index in [1.165, 1.54) is 6.92 Å². The molecule has 60 valence electrons. The molecule has 1 amide bonds. The van der Waals surface area contributed by atoms with Crippen LogP contribution in [0.15, 0.2) is 0 Å². The number of halogens is 2.